The van der Waals surface area contributed by atoms with E-state index in [2.05, 4.69) is 4.98 Å². The van der Waals surface area contributed by atoms with Crippen LogP contribution in [0.15, 0.2) is 36.5 Å². The second kappa shape index (κ2) is 4.89. The smallest absolute Gasteiger partial charge is 0.392 e. The number of nitrogens with two attached hydrogens (primary N) is 1. The lowest BCUT2D eigenvalue weighted by molar-refractivity contribution is -0.137. The zero-order chi connectivity index (χ0) is 14.0. The normalized spacial score (nSPS) is 11.6. The number of hydrogen-bond acceptors (Lipinski definition) is 3. The number of alkyl halides is 3. The standard InChI is InChI=1S/C13H11F3N2O/c14-13(15,16)11-4-2-1-3-10(11)8-5-9(7-19)12(17)18-6-8/h1-6,19H,7H2,(H2,17,18). The lowest BCUT2D eigenvalue weighted by atomic mass is 9.99. The highest BCUT2D eigenvalue weighted by Crippen LogP contribution is 2.37. The number of aliphatic hydroxyl groups excluding tert-OH is 1. The summed E-state index contributed by atoms with van der Waals surface area (Å²) in [6.07, 6.45) is -3.18. The topological polar surface area (TPSA) is 59.1 Å². The summed E-state index contributed by atoms with van der Waals surface area (Å²) in [6, 6.07) is 6.61. The molecule has 6 heteroatoms. The molecule has 100 valence electrons. The molecule has 0 radical (unpaired) electrons. The first kappa shape index (κ1) is 13.4. The van der Waals surface area contributed by atoms with E-state index in [0.29, 0.717) is 5.56 Å². The minimum atomic E-state index is -4.45. The maximum atomic E-state index is 12.9. The largest absolute Gasteiger partial charge is 0.417 e. The molecule has 0 atom stereocenters. The molecule has 0 aliphatic heterocycles. The van der Waals surface area contributed by atoms with E-state index >= 15 is 0 Å². The minimum Gasteiger partial charge on any atom is -0.392 e. The average Bonchev–Trinajstić information content (AvgIpc) is 2.38. The molecule has 3 nitrogen and oxygen atoms in total. The van der Waals surface area contributed by atoms with E-state index in [1.165, 1.54) is 30.5 Å². The molecule has 2 aromatic rings. The van der Waals surface area contributed by atoms with Crippen LogP contribution in [-0.4, -0.2) is 10.1 Å². The molecular weight excluding hydrogens is 257 g/mol. The number of rotatable bonds is 2. The van der Waals surface area contributed by atoms with E-state index in [1.807, 2.05) is 0 Å². The second-order valence-electron chi connectivity index (χ2n) is 3.97. The van der Waals surface area contributed by atoms with Crippen LogP contribution in [-0.2, 0) is 12.8 Å². The predicted octanol–water partition coefficient (Wildman–Crippen LogP) is 2.84. The molecule has 0 amide bonds. The highest BCUT2D eigenvalue weighted by Gasteiger charge is 2.33. The van der Waals surface area contributed by atoms with Gasteiger partial charge in [0.1, 0.15) is 5.82 Å². The van der Waals surface area contributed by atoms with Crippen molar-refractivity contribution in [2.24, 2.45) is 0 Å². The summed E-state index contributed by atoms with van der Waals surface area (Å²) < 4.78 is 38.7. The van der Waals surface area contributed by atoms with Crippen molar-refractivity contribution < 1.29 is 18.3 Å². The molecule has 19 heavy (non-hydrogen) atoms. The maximum absolute atomic E-state index is 12.9. The van der Waals surface area contributed by atoms with Crippen LogP contribution in [0.1, 0.15) is 11.1 Å². The van der Waals surface area contributed by atoms with Crippen molar-refractivity contribution in [3.8, 4) is 11.1 Å². The summed E-state index contributed by atoms with van der Waals surface area (Å²) in [5.41, 5.74) is 5.34. The lowest BCUT2D eigenvalue weighted by Gasteiger charge is -2.13. The molecule has 0 bridgehead atoms. The van der Waals surface area contributed by atoms with Crippen LogP contribution in [0.25, 0.3) is 11.1 Å². The van der Waals surface area contributed by atoms with Crippen LogP contribution in [0.4, 0.5) is 19.0 Å². The summed E-state index contributed by atoms with van der Waals surface area (Å²) in [5.74, 6) is 0.107. The summed E-state index contributed by atoms with van der Waals surface area (Å²) in [4.78, 5) is 3.80. The molecule has 0 aliphatic rings. The van der Waals surface area contributed by atoms with E-state index < -0.39 is 11.7 Å². The third kappa shape index (κ3) is 2.68. The van der Waals surface area contributed by atoms with Crippen LogP contribution in [0.3, 0.4) is 0 Å². The number of hydrogen-bond donors (Lipinski definition) is 2. The van der Waals surface area contributed by atoms with Gasteiger partial charge in [0, 0.05) is 17.3 Å². The number of nitrogen functional groups attached to an aromatic ring is 1. The SMILES string of the molecule is Nc1ncc(-c2ccccc2C(F)(F)F)cc1CO. The summed E-state index contributed by atoms with van der Waals surface area (Å²) in [7, 11) is 0. The van der Waals surface area contributed by atoms with E-state index in [1.54, 1.807) is 0 Å². The Hall–Kier alpha value is -2.08. The molecule has 1 aromatic heterocycles. The van der Waals surface area contributed by atoms with Crippen LogP contribution in [0, 0.1) is 0 Å². The second-order valence-corrected chi connectivity index (χ2v) is 3.97. The molecule has 2 rings (SSSR count). The fraction of sp³-hybridized carbons (Fsp3) is 0.154. The molecule has 1 heterocycles. The third-order valence-electron chi connectivity index (χ3n) is 2.72. The zero-order valence-electron chi connectivity index (χ0n) is 9.78. The van der Waals surface area contributed by atoms with Gasteiger partial charge in [-0.1, -0.05) is 18.2 Å². The Morgan fingerprint density at radius 2 is 1.89 bits per heavy atom. The average molecular weight is 268 g/mol. The number of halogens is 3. The van der Waals surface area contributed by atoms with Crippen molar-refractivity contribution in [3.05, 3.63) is 47.7 Å². The number of anilines is 1. The Morgan fingerprint density at radius 1 is 1.21 bits per heavy atom. The quantitative estimate of drug-likeness (QED) is 0.880. The van der Waals surface area contributed by atoms with Gasteiger partial charge in [-0.2, -0.15) is 13.2 Å². The Bertz CT molecular complexity index is 597. The molecular formula is C13H11F3N2O. The summed E-state index contributed by atoms with van der Waals surface area (Å²) in [6.45, 7) is -0.374. The molecule has 0 aliphatic carbocycles. The van der Waals surface area contributed by atoms with Gasteiger partial charge in [-0.15, -0.1) is 0 Å². The summed E-state index contributed by atoms with van der Waals surface area (Å²) in [5, 5.41) is 9.08. The molecule has 0 spiro atoms. The van der Waals surface area contributed by atoms with E-state index in [9.17, 15) is 13.2 Å². The van der Waals surface area contributed by atoms with E-state index in [-0.39, 0.29) is 23.6 Å². The molecule has 0 saturated heterocycles. The van der Waals surface area contributed by atoms with Crippen molar-refractivity contribution >= 4 is 5.82 Å². The number of aliphatic hydroxyl groups is 1. The maximum Gasteiger partial charge on any atom is 0.417 e. The Labute approximate surface area is 107 Å². The first-order chi connectivity index (χ1) is 8.93. The highest BCUT2D eigenvalue weighted by molar-refractivity contribution is 5.69. The fourth-order valence-electron chi connectivity index (χ4n) is 1.78. The number of aromatic nitrogens is 1. The van der Waals surface area contributed by atoms with Gasteiger partial charge in [-0.05, 0) is 17.7 Å². The van der Waals surface area contributed by atoms with Crippen LogP contribution < -0.4 is 5.73 Å². The van der Waals surface area contributed by atoms with Gasteiger partial charge in [0.25, 0.3) is 0 Å². The Kier molecular flexibility index (Phi) is 3.44. The first-order valence-electron chi connectivity index (χ1n) is 5.45. The van der Waals surface area contributed by atoms with Crippen molar-refractivity contribution in [3.63, 3.8) is 0 Å². The minimum absolute atomic E-state index is 0.0113. The van der Waals surface area contributed by atoms with Gasteiger partial charge >= 0.3 is 6.18 Å². The first-order valence-corrected chi connectivity index (χ1v) is 5.45. The van der Waals surface area contributed by atoms with Gasteiger partial charge in [0.2, 0.25) is 0 Å². The van der Waals surface area contributed by atoms with Gasteiger partial charge in [0.15, 0.2) is 0 Å². The van der Waals surface area contributed by atoms with Crippen LogP contribution >= 0.6 is 0 Å². The van der Waals surface area contributed by atoms with Crippen molar-refractivity contribution in [2.75, 3.05) is 5.73 Å². The number of nitrogens with zero attached hydrogens (tertiary/aromatic N) is 1. The van der Waals surface area contributed by atoms with E-state index in [0.717, 1.165) is 6.07 Å². The molecule has 1 aromatic carbocycles. The van der Waals surface area contributed by atoms with Crippen LogP contribution in [0.2, 0.25) is 0 Å². The third-order valence-corrected chi connectivity index (χ3v) is 2.72. The Morgan fingerprint density at radius 3 is 2.53 bits per heavy atom. The summed E-state index contributed by atoms with van der Waals surface area (Å²) >= 11 is 0. The molecule has 0 saturated carbocycles. The van der Waals surface area contributed by atoms with E-state index in [4.69, 9.17) is 10.8 Å². The predicted molar refractivity (Wildman–Crippen MR) is 65.0 cm³/mol. The van der Waals surface area contributed by atoms with Gasteiger partial charge in [-0.25, -0.2) is 4.98 Å². The Balaban J connectivity index is 2.59. The van der Waals surface area contributed by atoms with Gasteiger partial charge in [0.05, 0.1) is 12.2 Å². The molecule has 3 N–H and O–H groups in total. The van der Waals surface area contributed by atoms with Crippen LogP contribution in [0.5, 0.6) is 0 Å². The lowest BCUT2D eigenvalue weighted by Crippen LogP contribution is -2.07. The van der Waals surface area contributed by atoms with Crippen molar-refractivity contribution in [1.82, 2.24) is 4.98 Å². The van der Waals surface area contributed by atoms with Gasteiger partial charge in [-0.3, -0.25) is 0 Å². The van der Waals surface area contributed by atoms with Crippen molar-refractivity contribution in [2.45, 2.75) is 12.8 Å². The monoisotopic (exact) mass is 268 g/mol. The number of pyridine rings is 1. The number of benzene rings is 1. The zero-order valence-corrected chi connectivity index (χ0v) is 9.78. The highest BCUT2D eigenvalue weighted by atomic mass is 19.4. The molecule has 0 fully saturated rings. The van der Waals surface area contributed by atoms with Crippen molar-refractivity contribution in [1.29, 1.82) is 0 Å². The fourth-order valence-corrected chi connectivity index (χ4v) is 1.78. The van der Waals surface area contributed by atoms with Gasteiger partial charge < -0.3 is 10.8 Å². The molecule has 0 unspecified atom stereocenters.